The molecule has 4 heteroatoms. The van der Waals surface area contributed by atoms with Crippen molar-refractivity contribution >= 4 is 11.6 Å². The van der Waals surface area contributed by atoms with Gasteiger partial charge in [0, 0.05) is 19.4 Å². The van der Waals surface area contributed by atoms with Gasteiger partial charge in [-0.25, -0.2) is 4.98 Å². The number of methoxy groups -OCH3 is 1. The predicted molar refractivity (Wildman–Crippen MR) is 70.8 cm³/mol. The average Bonchev–Trinajstić information content (AvgIpc) is 2.87. The van der Waals surface area contributed by atoms with E-state index in [1.54, 1.807) is 13.3 Å². The normalized spacial score (nSPS) is 12.6. The Morgan fingerprint density at radius 2 is 2.11 bits per heavy atom. The molecule has 0 saturated carbocycles. The van der Waals surface area contributed by atoms with E-state index in [9.17, 15) is 0 Å². The summed E-state index contributed by atoms with van der Waals surface area (Å²) in [5, 5.41) is 0. The first-order valence-corrected chi connectivity index (χ1v) is 6.47. The molecule has 1 aromatic carbocycles. The molecule has 0 saturated heterocycles. The maximum Gasteiger partial charge on any atom is 0.194 e. The maximum atomic E-state index is 5.70. The molecule has 1 unspecified atom stereocenters. The molecule has 0 N–H and O–H groups in total. The second-order valence-electron chi connectivity index (χ2n) is 3.98. The zero-order valence-electron chi connectivity index (χ0n) is 10.3. The first-order chi connectivity index (χ1) is 8.85. The van der Waals surface area contributed by atoms with Gasteiger partial charge in [0.05, 0.1) is 6.20 Å². The molecule has 0 bridgehead atoms. The van der Waals surface area contributed by atoms with Gasteiger partial charge < -0.3 is 9.15 Å². The van der Waals surface area contributed by atoms with Gasteiger partial charge in [0.1, 0.15) is 6.10 Å². The third kappa shape index (κ3) is 3.12. The molecule has 0 radical (unpaired) electrons. The van der Waals surface area contributed by atoms with Crippen molar-refractivity contribution in [3.05, 3.63) is 53.7 Å². The van der Waals surface area contributed by atoms with Gasteiger partial charge in [0.15, 0.2) is 11.7 Å². The highest BCUT2D eigenvalue weighted by atomic mass is 35.5. The Morgan fingerprint density at radius 1 is 1.33 bits per heavy atom. The van der Waals surface area contributed by atoms with Gasteiger partial charge in [-0.15, -0.1) is 11.6 Å². The SMILES string of the molecule is COC(c1ccccc1)c1cnc(CCCCl)o1. The Hall–Kier alpha value is -1.32. The van der Waals surface area contributed by atoms with Crippen LogP contribution in [-0.4, -0.2) is 18.0 Å². The smallest absolute Gasteiger partial charge is 0.194 e. The number of hydrogen-bond donors (Lipinski definition) is 0. The van der Waals surface area contributed by atoms with Gasteiger partial charge in [-0.2, -0.15) is 0 Å². The van der Waals surface area contributed by atoms with E-state index in [2.05, 4.69) is 4.98 Å². The minimum atomic E-state index is -0.205. The monoisotopic (exact) mass is 265 g/mol. The lowest BCUT2D eigenvalue weighted by Gasteiger charge is -2.12. The van der Waals surface area contributed by atoms with Crippen molar-refractivity contribution in [1.29, 1.82) is 0 Å². The summed E-state index contributed by atoms with van der Waals surface area (Å²) in [7, 11) is 1.67. The van der Waals surface area contributed by atoms with Crippen LogP contribution in [0.3, 0.4) is 0 Å². The van der Waals surface area contributed by atoms with Crippen molar-refractivity contribution in [2.24, 2.45) is 0 Å². The standard InChI is InChI=1S/C14H16ClNO2/c1-17-14(11-6-3-2-4-7-11)12-10-16-13(18-12)8-5-9-15/h2-4,6-7,10,14H,5,8-9H2,1H3. The molecular weight excluding hydrogens is 250 g/mol. The summed E-state index contributed by atoms with van der Waals surface area (Å²) >= 11 is 5.65. The second-order valence-corrected chi connectivity index (χ2v) is 4.35. The number of aromatic nitrogens is 1. The minimum Gasteiger partial charge on any atom is -0.443 e. The second kappa shape index (κ2) is 6.57. The highest BCUT2D eigenvalue weighted by Crippen LogP contribution is 2.25. The first kappa shape index (κ1) is 13.1. The Kier molecular flexibility index (Phi) is 4.79. The molecule has 3 nitrogen and oxygen atoms in total. The highest BCUT2D eigenvalue weighted by molar-refractivity contribution is 6.17. The van der Waals surface area contributed by atoms with Crippen LogP contribution < -0.4 is 0 Å². The fourth-order valence-corrected chi connectivity index (χ4v) is 1.96. The van der Waals surface area contributed by atoms with Crippen LogP contribution in [0.5, 0.6) is 0 Å². The lowest BCUT2D eigenvalue weighted by Crippen LogP contribution is -2.01. The maximum absolute atomic E-state index is 5.70. The van der Waals surface area contributed by atoms with Gasteiger partial charge in [-0.3, -0.25) is 0 Å². The van der Waals surface area contributed by atoms with Gasteiger partial charge in [0.25, 0.3) is 0 Å². The zero-order chi connectivity index (χ0) is 12.8. The summed E-state index contributed by atoms with van der Waals surface area (Å²) in [6, 6.07) is 9.95. The van der Waals surface area contributed by atoms with E-state index in [4.69, 9.17) is 20.8 Å². The number of halogens is 1. The van der Waals surface area contributed by atoms with Crippen molar-refractivity contribution in [3.8, 4) is 0 Å². The van der Waals surface area contributed by atoms with Crippen LogP contribution in [0.1, 0.15) is 29.7 Å². The molecule has 1 heterocycles. The minimum absolute atomic E-state index is 0.205. The molecule has 0 aliphatic carbocycles. The molecule has 0 aliphatic rings. The number of rotatable bonds is 6. The predicted octanol–water partition coefficient (Wildman–Crippen LogP) is 3.58. The van der Waals surface area contributed by atoms with Gasteiger partial charge >= 0.3 is 0 Å². The van der Waals surface area contributed by atoms with E-state index in [0.29, 0.717) is 11.8 Å². The number of nitrogens with zero attached hydrogens (tertiary/aromatic N) is 1. The molecule has 0 amide bonds. The molecular formula is C14H16ClNO2. The summed E-state index contributed by atoms with van der Waals surface area (Å²) in [5.74, 6) is 2.06. The number of alkyl halides is 1. The van der Waals surface area contributed by atoms with E-state index in [1.807, 2.05) is 30.3 Å². The molecule has 18 heavy (non-hydrogen) atoms. The van der Waals surface area contributed by atoms with Crippen LogP contribution in [0.4, 0.5) is 0 Å². The van der Waals surface area contributed by atoms with Crippen molar-refractivity contribution in [2.45, 2.75) is 18.9 Å². The molecule has 1 atom stereocenters. The average molecular weight is 266 g/mol. The molecule has 1 aromatic heterocycles. The Morgan fingerprint density at radius 3 is 2.78 bits per heavy atom. The summed E-state index contributed by atoms with van der Waals surface area (Å²) in [5.41, 5.74) is 1.06. The number of oxazole rings is 1. The van der Waals surface area contributed by atoms with E-state index in [0.717, 1.165) is 24.2 Å². The zero-order valence-corrected chi connectivity index (χ0v) is 11.1. The summed E-state index contributed by atoms with van der Waals surface area (Å²) < 4.78 is 11.2. The van der Waals surface area contributed by atoms with Gasteiger partial charge in [-0.1, -0.05) is 30.3 Å². The Bertz CT molecular complexity index is 470. The summed E-state index contributed by atoms with van der Waals surface area (Å²) in [6.07, 6.45) is 3.15. The van der Waals surface area contributed by atoms with Crippen molar-refractivity contribution in [2.75, 3.05) is 13.0 Å². The van der Waals surface area contributed by atoms with Crippen molar-refractivity contribution < 1.29 is 9.15 Å². The molecule has 2 aromatic rings. The quantitative estimate of drug-likeness (QED) is 0.749. The number of ether oxygens (including phenoxy) is 1. The van der Waals surface area contributed by atoms with Crippen LogP contribution in [0.2, 0.25) is 0 Å². The number of hydrogen-bond acceptors (Lipinski definition) is 3. The lowest BCUT2D eigenvalue weighted by molar-refractivity contribution is 0.115. The molecule has 0 aliphatic heterocycles. The van der Waals surface area contributed by atoms with Crippen LogP contribution in [0, 0.1) is 0 Å². The third-order valence-corrected chi connectivity index (χ3v) is 2.96. The summed E-state index contributed by atoms with van der Waals surface area (Å²) in [4.78, 5) is 4.24. The Labute approximate surface area is 112 Å². The van der Waals surface area contributed by atoms with Crippen LogP contribution in [0.25, 0.3) is 0 Å². The number of aryl methyl sites for hydroxylation is 1. The van der Waals surface area contributed by atoms with E-state index >= 15 is 0 Å². The van der Waals surface area contributed by atoms with Crippen LogP contribution in [0.15, 0.2) is 40.9 Å². The van der Waals surface area contributed by atoms with Gasteiger partial charge in [-0.05, 0) is 12.0 Å². The fourth-order valence-electron chi connectivity index (χ4n) is 1.82. The van der Waals surface area contributed by atoms with Gasteiger partial charge in [0.2, 0.25) is 0 Å². The first-order valence-electron chi connectivity index (χ1n) is 5.93. The van der Waals surface area contributed by atoms with Crippen molar-refractivity contribution in [3.63, 3.8) is 0 Å². The van der Waals surface area contributed by atoms with Crippen LogP contribution >= 0.6 is 11.6 Å². The largest absolute Gasteiger partial charge is 0.443 e. The summed E-state index contributed by atoms with van der Waals surface area (Å²) in [6.45, 7) is 0. The molecule has 2 rings (SSSR count). The highest BCUT2D eigenvalue weighted by Gasteiger charge is 2.17. The molecule has 0 spiro atoms. The number of benzene rings is 1. The third-order valence-electron chi connectivity index (χ3n) is 2.69. The van der Waals surface area contributed by atoms with Crippen LogP contribution in [-0.2, 0) is 11.2 Å². The molecule has 96 valence electrons. The molecule has 0 fully saturated rings. The lowest BCUT2D eigenvalue weighted by atomic mass is 10.1. The van der Waals surface area contributed by atoms with Crippen molar-refractivity contribution in [1.82, 2.24) is 4.98 Å². The van der Waals surface area contributed by atoms with E-state index in [1.165, 1.54) is 0 Å². The van der Waals surface area contributed by atoms with E-state index in [-0.39, 0.29) is 6.10 Å². The fraction of sp³-hybridized carbons (Fsp3) is 0.357. The van der Waals surface area contributed by atoms with E-state index < -0.39 is 0 Å². The topological polar surface area (TPSA) is 35.3 Å². The Balaban J connectivity index is 2.15.